The molecule has 0 aliphatic heterocycles. The fourth-order valence-corrected chi connectivity index (χ4v) is 2.67. The minimum atomic E-state index is 0.872. The molecular weight excluding hydrogens is 272 g/mol. The molecule has 78 valence electrons. The molecule has 0 bridgehead atoms. The van der Waals surface area contributed by atoms with E-state index >= 15 is 0 Å². The van der Waals surface area contributed by atoms with Crippen LogP contribution in [0.1, 0.15) is 17.0 Å². The molecule has 0 radical (unpaired) electrons. The van der Waals surface area contributed by atoms with Gasteiger partial charge in [-0.15, -0.1) is 10.2 Å². The van der Waals surface area contributed by atoms with Crippen LogP contribution in [-0.4, -0.2) is 10.2 Å². The summed E-state index contributed by atoms with van der Waals surface area (Å²) in [6.07, 6.45) is 3.25. The van der Waals surface area contributed by atoms with Crippen LogP contribution in [0.25, 0.3) is 0 Å². The Balaban J connectivity index is 1.80. The van der Waals surface area contributed by atoms with Crippen LogP contribution in [-0.2, 0) is 12.8 Å². The summed E-state index contributed by atoms with van der Waals surface area (Å²) < 4.78 is 0.872. The van der Waals surface area contributed by atoms with Crippen LogP contribution in [0.3, 0.4) is 0 Å². The van der Waals surface area contributed by atoms with Crippen molar-refractivity contribution in [2.45, 2.75) is 19.3 Å². The molecule has 4 heteroatoms. The summed E-state index contributed by atoms with van der Waals surface area (Å²) in [5.41, 5.74) is 1.39. The van der Waals surface area contributed by atoms with Crippen LogP contribution in [0.15, 0.2) is 34.2 Å². The van der Waals surface area contributed by atoms with Gasteiger partial charge in [-0.05, 0) is 34.3 Å². The van der Waals surface area contributed by atoms with Crippen molar-refractivity contribution in [2.75, 3.05) is 0 Å². The quantitative estimate of drug-likeness (QED) is 0.858. The van der Waals surface area contributed by atoms with Gasteiger partial charge >= 0.3 is 0 Å². The minimum Gasteiger partial charge on any atom is -0.143 e. The van der Waals surface area contributed by atoms with E-state index in [9.17, 15) is 0 Å². The summed E-state index contributed by atoms with van der Waals surface area (Å²) in [6, 6.07) is 10.5. The van der Waals surface area contributed by atoms with Crippen molar-refractivity contribution in [3.05, 3.63) is 44.8 Å². The molecule has 2 nitrogen and oxygen atoms in total. The number of benzene rings is 1. The van der Waals surface area contributed by atoms with E-state index in [-0.39, 0.29) is 0 Å². The molecule has 1 aromatic heterocycles. The minimum absolute atomic E-state index is 0.872. The van der Waals surface area contributed by atoms with E-state index in [0.717, 1.165) is 28.2 Å². The maximum Gasteiger partial charge on any atom is 0.183 e. The summed E-state index contributed by atoms with van der Waals surface area (Å²) in [5, 5.41) is 9.11. The van der Waals surface area contributed by atoms with Gasteiger partial charge in [-0.3, -0.25) is 0 Å². The van der Waals surface area contributed by atoms with Gasteiger partial charge in [0.1, 0.15) is 5.01 Å². The smallest absolute Gasteiger partial charge is 0.143 e. The second-order valence-corrected chi connectivity index (χ2v) is 5.63. The van der Waals surface area contributed by atoms with E-state index in [1.807, 2.05) is 6.07 Å². The van der Waals surface area contributed by atoms with Crippen LogP contribution in [0, 0.1) is 0 Å². The molecule has 0 N–H and O–H groups in total. The van der Waals surface area contributed by atoms with Gasteiger partial charge in [0.25, 0.3) is 0 Å². The number of rotatable bonds is 4. The van der Waals surface area contributed by atoms with E-state index in [1.54, 1.807) is 11.3 Å². The average Bonchev–Trinajstić information content (AvgIpc) is 2.66. The molecule has 0 aliphatic carbocycles. The SMILES string of the molecule is Brc1nnc(CCCc2ccccc2)s1. The van der Waals surface area contributed by atoms with Crippen LogP contribution in [0.5, 0.6) is 0 Å². The third kappa shape index (κ3) is 3.39. The van der Waals surface area contributed by atoms with E-state index in [4.69, 9.17) is 0 Å². The molecule has 1 heterocycles. The van der Waals surface area contributed by atoms with Crippen LogP contribution in [0.4, 0.5) is 0 Å². The molecule has 0 fully saturated rings. The first-order valence-electron chi connectivity index (χ1n) is 4.86. The predicted octanol–water partition coefficient (Wildman–Crippen LogP) is 3.48. The van der Waals surface area contributed by atoms with Gasteiger partial charge in [0.2, 0.25) is 0 Å². The van der Waals surface area contributed by atoms with Gasteiger partial charge in [0, 0.05) is 6.42 Å². The van der Waals surface area contributed by atoms with Crippen molar-refractivity contribution >= 4 is 27.3 Å². The Labute approximate surface area is 101 Å². The van der Waals surface area contributed by atoms with Gasteiger partial charge in [0.05, 0.1) is 0 Å². The van der Waals surface area contributed by atoms with E-state index in [0.29, 0.717) is 0 Å². The Bertz CT molecular complexity index is 414. The lowest BCUT2D eigenvalue weighted by Crippen LogP contribution is -1.89. The Morgan fingerprint density at radius 3 is 2.53 bits per heavy atom. The predicted molar refractivity (Wildman–Crippen MR) is 66.1 cm³/mol. The van der Waals surface area contributed by atoms with Crippen LogP contribution >= 0.6 is 27.3 Å². The van der Waals surface area contributed by atoms with Gasteiger partial charge in [0.15, 0.2) is 3.92 Å². The van der Waals surface area contributed by atoms with E-state index in [2.05, 4.69) is 50.4 Å². The number of nitrogens with zero attached hydrogens (tertiary/aromatic N) is 2. The Morgan fingerprint density at radius 2 is 1.87 bits per heavy atom. The van der Waals surface area contributed by atoms with Crippen molar-refractivity contribution in [3.63, 3.8) is 0 Å². The van der Waals surface area contributed by atoms with Gasteiger partial charge in [-0.2, -0.15) is 0 Å². The van der Waals surface area contributed by atoms with E-state index in [1.165, 1.54) is 5.56 Å². The summed E-state index contributed by atoms with van der Waals surface area (Å²) in [5.74, 6) is 0. The highest BCUT2D eigenvalue weighted by Crippen LogP contribution is 2.17. The maximum absolute atomic E-state index is 4.07. The molecule has 2 rings (SSSR count). The van der Waals surface area contributed by atoms with Crippen LogP contribution in [0.2, 0.25) is 0 Å². The normalized spacial score (nSPS) is 10.5. The zero-order valence-corrected chi connectivity index (χ0v) is 10.6. The highest BCUT2D eigenvalue weighted by Gasteiger charge is 2.01. The summed E-state index contributed by atoms with van der Waals surface area (Å²) in [4.78, 5) is 0. The lowest BCUT2D eigenvalue weighted by Gasteiger charge is -1.98. The summed E-state index contributed by atoms with van der Waals surface area (Å²) in [7, 11) is 0. The topological polar surface area (TPSA) is 25.8 Å². The van der Waals surface area contributed by atoms with E-state index < -0.39 is 0 Å². The Hall–Kier alpha value is -0.740. The zero-order valence-electron chi connectivity index (χ0n) is 8.19. The standard InChI is InChI=1S/C11H11BrN2S/c12-11-14-13-10(15-11)8-4-7-9-5-2-1-3-6-9/h1-3,5-6H,4,7-8H2. The Kier molecular flexibility index (Phi) is 3.86. The lowest BCUT2D eigenvalue weighted by molar-refractivity contribution is 0.800. The van der Waals surface area contributed by atoms with Gasteiger partial charge < -0.3 is 0 Å². The largest absolute Gasteiger partial charge is 0.183 e. The highest BCUT2D eigenvalue weighted by atomic mass is 79.9. The number of hydrogen-bond donors (Lipinski definition) is 0. The molecule has 0 atom stereocenters. The first-order valence-corrected chi connectivity index (χ1v) is 6.47. The van der Waals surface area contributed by atoms with Crippen molar-refractivity contribution in [1.29, 1.82) is 0 Å². The van der Waals surface area contributed by atoms with Gasteiger partial charge in [-0.25, -0.2) is 0 Å². The maximum atomic E-state index is 4.07. The monoisotopic (exact) mass is 282 g/mol. The second kappa shape index (κ2) is 5.37. The summed E-state index contributed by atoms with van der Waals surface area (Å²) >= 11 is 4.93. The average molecular weight is 283 g/mol. The summed E-state index contributed by atoms with van der Waals surface area (Å²) in [6.45, 7) is 0. The van der Waals surface area contributed by atoms with Crippen molar-refractivity contribution < 1.29 is 0 Å². The molecule has 0 saturated carbocycles. The van der Waals surface area contributed by atoms with Crippen LogP contribution < -0.4 is 0 Å². The number of aryl methyl sites for hydroxylation is 2. The first-order chi connectivity index (χ1) is 7.34. The molecular formula is C11H11BrN2S. The van der Waals surface area contributed by atoms with Crippen molar-refractivity contribution in [1.82, 2.24) is 10.2 Å². The molecule has 0 aliphatic rings. The molecule has 0 saturated heterocycles. The van der Waals surface area contributed by atoms with Crippen molar-refractivity contribution in [3.8, 4) is 0 Å². The number of halogens is 1. The van der Waals surface area contributed by atoms with Gasteiger partial charge in [-0.1, -0.05) is 41.7 Å². The fraction of sp³-hybridized carbons (Fsp3) is 0.273. The molecule has 15 heavy (non-hydrogen) atoms. The molecule has 0 spiro atoms. The van der Waals surface area contributed by atoms with Crippen molar-refractivity contribution in [2.24, 2.45) is 0 Å². The molecule has 0 amide bonds. The number of hydrogen-bond acceptors (Lipinski definition) is 3. The molecule has 2 aromatic rings. The fourth-order valence-electron chi connectivity index (χ4n) is 1.42. The third-order valence-electron chi connectivity index (χ3n) is 2.14. The lowest BCUT2D eigenvalue weighted by atomic mass is 10.1. The third-order valence-corrected chi connectivity index (χ3v) is 3.56. The zero-order chi connectivity index (χ0) is 10.5. The number of aromatic nitrogens is 2. The second-order valence-electron chi connectivity index (χ2n) is 3.29. The first kappa shape index (κ1) is 10.8. The molecule has 1 aromatic carbocycles. The highest BCUT2D eigenvalue weighted by molar-refractivity contribution is 9.11. The molecule has 0 unspecified atom stereocenters. The Morgan fingerprint density at radius 1 is 1.07 bits per heavy atom.